The van der Waals surface area contributed by atoms with Crippen LogP contribution in [0.4, 0.5) is 0 Å². The van der Waals surface area contributed by atoms with Crippen molar-refractivity contribution in [3.63, 3.8) is 0 Å². The first-order chi connectivity index (χ1) is 7.90. The van der Waals surface area contributed by atoms with Crippen LogP contribution in [0, 0.1) is 23.7 Å². The van der Waals surface area contributed by atoms with Gasteiger partial charge in [0.2, 0.25) is 5.91 Å². The van der Waals surface area contributed by atoms with E-state index < -0.39 is 0 Å². The van der Waals surface area contributed by atoms with Gasteiger partial charge in [0, 0.05) is 19.0 Å². The fourth-order valence-corrected chi connectivity index (χ4v) is 2.09. The Kier molecular flexibility index (Phi) is 8.23. The molecule has 1 unspecified atom stereocenters. The summed E-state index contributed by atoms with van der Waals surface area (Å²) < 4.78 is 0. The van der Waals surface area contributed by atoms with Gasteiger partial charge in [-0.25, -0.2) is 0 Å². The van der Waals surface area contributed by atoms with Gasteiger partial charge in [-0.15, -0.1) is 0 Å². The Morgan fingerprint density at radius 2 is 1.53 bits per heavy atom. The predicted octanol–water partition coefficient (Wildman–Crippen LogP) is 2.28. The molecule has 1 atom stereocenters. The smallest absolute Gasteiger partial charge is 0.224 e. The van der Waals surface area contributed by atoms with Gasteiger partial charge in [0.1, 0.15) is 0 Å². The van der Waals surface area contributed by atoms with Crippen LogP contribution >= 0.6 is 0 Å². The van der Waals surface area contributed by atoms with Crippen molar-refractivity contribution in [2.45, 2.75) is 41.5 Å². The van der Waals surface area contributed by atoms with Crippen molar-refractivity contribution in [2.75, 3.05) is 19.6 Å². The van der Waals surface area contributed by atoms with E-state index >= 15 is 0 Å². The second kappa shape index (κ2) is 8.51. The van der Waals surface area contributed by atoms with Crippen molar-refractivity contribution in [2.24, 2.45) is 23.7 Å². The molecular formula is C14H30N2O. The normalized spacial score (nSPS) is 13.5. The summed E-state index contributed by atoms with van der Waals surface area (Å²) in [5, 5.41) is 6.28. The van der Waals surface area contributed by atoms with E-state index in [1.165, 1.54) is 0 Å². The molecule has 0 saturated heterocycles. The maximum Gasteiger partial charge on any atom is 0.224 e. The molecule has 0 heterocycles. The lowest BCUT2D eigenvalue weighted by molar-refractivity contribution is -0.124. The standard InChI is InChI=1S/C14H30N2O/c1-7-15-8-12(6)14(17)16-9-13(10(2)3)11(4)5/h10-13,15H,7-9H2,1-6H3,(H,16,17). The Morgan fingerprint density at radius 1 is 1.00 bits per heavy atom. The molecule has 0 aliphatic heterocycles. The third-order valence-electron chi connectivity index (χ3n) is 3.37. The van der Waals surface area contributed by atoms with Crippen LogP contribution < -0.4 is 10.6 Å². The second-order valence-corrected chi connectivity index (χ2v) is 5.61. The zero-order chi connectivity index (χ0) is 13.4. The van der Waals surface area contributed by atoms with Crippen molar-refractivity contribution in [1.82, 2.24) is 10.6 Å². The first-order valence-electron chi connectivity index (χ1n) is 6.88. The van der Waals surface area contributed by atoms with Gasteiger partial charge in [0.15, 0.2) is 0 Å². The van der Waals surface area contributed by atoms with Crippen LogP contribution in [0.5, 0.6) is 0 Å². The van der Waals surface area contributed by atoms with Crippen molar-refractivity contribution in [3.8, 4) is 0 Å². The van der Waals surface area contributed by atoms with Crippen LogP contribution in [0.25, 0.3) is 0 Å². The Bertz CT molecular complexity index is 206. The van der Waals surface area contributed by atoms with Gasteiger partial charge in [-0.2, -0.15) is 0 Å². The fraction of sp³-hybridized carbons (Fsp3) is 0.929. The molecule has 17 heavy (non-hydrogen) atoms. The van der Waals surface area contributed by atoms with E-state index in [9.17, 15) is 4.79 Å². The van der Waals surface area contributed by atoms with Crippen molar-refractivity contribution >= 4 is 5.91 Å². The van der Waals surface area contributed by atoms with Crippen LogP contribution in [0.1, 0.15) is 41.5 Å². The monoisotopic (exact) mass is 242 g/mol. The maximum atomic E-state index is 11.8. The number of carbonyl (C=O) groups excluding carboxylic acids is 1. The first-order valence-corrected chi connectivity index (χ1v) is 6.88. The zero-order valence-electron chi connectivity index (χ0n) is 12.3. The molecule has 3 nitrogen and oxygen atoms in total. The number of carbonyl (C=O) groups is 1. The van der Waals surface area contributed by atoms with Gasteiger partial charge in [-0.3, -0.25) is 4.79 Å². The fourth-order valence-electron chi connectivity index (χ4n) is 2.09. The molecule has 0 aromatic rings. The van der Waals surface area contributed by atoms with Crippen LogP contribution in [-0.2, 0) is 4.79 Å². The second-order valence-electron chi connectivity index (χ2n) is 5.61. The number of hydrogen-bond donors (Lipinski definition) is 2. The van der Waals surface area contributed by atoms with Gasteiger partial charge in [0.05, 0.1) is 0 Å². The predicted molar refractivity (Wildman–Crippen MR) is 73.9 cm³/mol. The lowest BCUT2D eigenvalue weighted by atomic mass is 9.85. The Morgan fingerprint density at radius 3 is 1.94 bits per heavy atom. The van der Waals surface area contributed by atoms with E-state index in [4.69, 9.17) is 0 Å². The SMILES string of the molecule is CCNCC(C)C(=O)NCC(C(C)C)C(C)C. The number of rotatable bonds is 8. The molecule has 0 aliphatic carbocycles. The summed E-state index contributed by atoms with van der Waals surface area (Å²) in [4.78, 5) is 11.8. The Balaban J connectivity index is 4.03. The number of hydrogen-bond acceptors (Lipinski definition) is 2. The first kappa shape index (κ1) is 16.4. The van der Waals surface area contributed by atoms with Crippen molar-refractivity contribution < 1.29 is 4.79 Å². The minimum absolute atomic E-state index is 0.0509. The van der Waals surface area contributed by atoms with Crippen LogP contribution in [0.15, 0.2) is 0 Å². The summed E-state index contributed by atoms with van der Waals surface area (Å²) >= 11 is 0. The molecule has 0 aromatic carbocycles. The lowest BCUT2D eigenvalue weighted by Crippen LogP contribution is -2.39. The summed E-state index contributed by atoms with van der Waals surface area (Å²) in [6.45, 7) is 15.4. The van der Waals surface area contributed by atoms with Gasteiger partial charge < -0.3 is 10.6 Å². The summed E-state index contributed by atoms with van der Waals surface area (Å²) in [6, 6.07) is 0. The van der Waals surface area contributed by atoms with Gasteiger partial charge in [-0.05, 0) is 24.3 Å². The Labute approximate surface area is 107 Å². The molecule has 0 rings (SSSR count). The highest BCUT2D eigenvalue weighted by molar-refractivity contribution is 5.78. The summed E-state index contributed by atoms with van der Waals surface area (Å²) in [5.41, 5.74) is 0. The van der Waals surface area contributed by atoms with E-state index in [2.05, 4.69) is 45.3 Å². The van der Waals surface area contributed by atoms with E-state index in [0.717, 1.165) is 19.6 Å². The lowest BCUT2D eigenvalue weighted by Gasteiger charge is -2.25. The topological polar surface area (TPSA) is 41.1 Å². The molecule has 0 radical (unpaired) electrons. The molecular weight excluding hydrogens is 212 g/mol. The molecule has 2 N–H and O–H groups in total. The summed E-state index contributed by atoms with van der Waals surface area (Å²) in [6.07, 6.45) is 0. The van der Waals surface area contributed by atoms with E-state index in [0.29, 0.717) is 17.8 Å². The van der Waals surface area contributed by atoms with E-state index in [-0.39, 0.29) is 11.8 Å². The van der Waals surface area contributed by atoms with Crippen LogP contribution in [0.2, 0.25) is 0 Å². The highest BCUT2D eigenvalue weighted by Gasteiger charge is 2.19. The molecule has 0 aromatic heterocycles. The zero-order valence-corrected chi connectivity index (χ0v) is 12.3. The molecule has 0 spiro atoms. The summed E-state index contributed by atoms with van der Waals surface area (Å²) in [7, 11) is 0. The average Bonchev–Trinajstić information content (AvgIpc) is 2.24. The van der Waals surface area contributed by atoms with Crippen LogP contribution in [0.3, 0.4) is 0 Å². The van der Waals surface area contributed by atoms with Crippen molar-refractivity contribution in [1.29, 1.82) is 0 Å². The average molecular weight is 242 g/mol. The molecule has 0 bridgehead atoms. The Hall–Kier alpha value is -0.570. The maximum absolute atomic E-state index is 11.8. The highest BCUT2D eigenvalue weighted by atomic mass is 16.1. The minimum Gasteiger partial charge on any atom is -0.356 e. The van der Waals surface area contributed by atoms with Gasteiger partial charge in [-0.1, -0.05) is 41.5 Å². The molecule has 0 aliphatic rings. The molecule has 0 fully saturated rings. The number of amides is 1. The van der Waals surface area contributed by atoms with Crippen molar-refractivity contribution in [3.05, 3.63) is 0 Å². The minimum atomic E-state index is 0.0509. The third kappa shape index (κ3) is 6.67. The summed E-state index contributed by atoms with van der Waals surface area (Å²) in [5.74, 6) is 2.00. The van der Waals surface area contributed by atoms with Gasteiger partial charge in [0.25, 0.3) is 0 Å². The third-order valence-corrected chi connectivity index (χ3v) is 3.37. The van der Waals surface area contributed by atoms with E-state index in [1.807, 2.05) is 6.92 Å². The highest BCUT2D eigenvalue weighted by Crippen LogP contribution is 2.19. The molecule has 0 saturated carbocycles. The van der Waals surface area contributed by atoms with Gasteiger partial charge >= 0.3 is 0 Å². The molecule has 102 valence electrons. The van der Waals surface area contributed by atoms with E-state index in [1.54, 1.807) is 0 Å². The molecule has 1 amide bonds. The largest absolute Gasteiger partial charge is 0.356 e. The quantitative estimate of drug-likeness (QED) is 0.685. The molecule has 3 heteroatoms. The van der Waals surface area contributed by atoms with Crippen LogP contribution in [-0.4, -0.2) is 25.5 Å². The number of nitrogens with one attached hydrogen (secondary N) is 2.